The normalized spacial score (nSPS) is 13.1. The summed E-state index contributed by atoms with van der Waals surface area (Å²) in [7, 11) is 1.96. The van der Waals surface area contributed by atoms with Gasteiger partial charge in [-0.3, -0.25) is 9.59 Å². The first kappa shape index (κ1) is 25.2. The summed E-state index contributed by atoms with van der Waals surface area (Å²) >= 11 is 0. The second-order valence-electron chi connectivity index (χ2n) is 8.55. The van der Waals surface area contributed by atoms with Crippen LogP contribution in [0, 0.1) is 0 Å². The molecule has 2 aromatic carbocycles. The monoisotopic (exact) mass is 467 g/mol. The standard InChI is InChI=1S/C26H33N3O5/c1-3-15-29(2)16-14-27-25(32)23(12-13-24(30)31)28-26(33)34-17-22-20-10-6-4-8-18(20)19-9-5-7-11-21(19)22/h4-11,22-23H,3,12-17H2,1-2H3,(H,27,32)(H,28,33)(H,30,31). The van der Waals surface area contributed by atoms with Crippen LogP contribution in [0.2, 0.25) is 0 Å². The van der Waals surface area contributed by atoms with Crippen LogP contribution in [0.15, 0.2) is 48.5 Å². The fraction of sp³-hybridized carbons (Fsp3) is 0.423. The van der Waals surface area contributed by atoms with Gasteiger partial charge in [-0.2, -0.15) is 0 Å². The van der Waals surface area contributed by atoms with Crippen molar-refractivity contribution < 1.29 is 24.2 Å². The number of hydrogen-bond acceptors (Lipinski definition) is 5. The average molecular weight is 468 g/mol. The zero-order chi connectivity index (χ0) is 24.5. The Morgan fingerprint density at radius 3 is 2.24 bits per heavy atom. The molecule has 2 amide bonds. The second kappa shape index (κ2) is 12.2. The van der Waals surface area contributed by atoms with E-state index in [2.05, 4.69) is 34.6 Å². The Labute approximate surface area is 200 Å². The highest BCUT2D eigenvalue weighted by Crippen LogP contribution is 2.44. The molecule has 0 aliphatic heterocycles. The number of carboxylic acid groups (broad SMARTS) is 1. The van der Waals surface area contributed by atoms with Gasteiger partial charge in [0.25, 0.3) is 0 Å². The van der Waals surface area contributed by atoms with E-state index >= 15 is 0 Å². The van der Waals surface area contributed by atoms with Crippen LogP contribution in [-0.4, -0.2) is 67.3 Å². The fourth-order valence-corrected chi connectivity index (χ4v) is 4.31. The zero-order valence-electron chi connectivity index (χ0n) is 19.8. The Hall–Kier alpha value is -3.39. The van der Waals surface area contributed by atoms with E-state index in [1.165, 1.54) is 0 Å². The maximum Gasteiger partial charge on any atom is 0.407 e. The van der Waals surface area contributed by atoms with Crippen LogP contribution in [0.25, 0.3) is 11.1 Å². The Morgan fingerprint density at radius 1 is 1.03 bits per heavy atom. The quantitative estimate of drug-likeness (QED) is 0.442. The minimum absolute atomic E-state index is 0.0177. The fourth-order valence-electron chi connectivity index (χ4n) is 4.31. The maximum atomic E-state index is 12.6. The number of nitrogens with zero attached hydrogens (tertiary/aromatic N) is 1. The number of carbonyl (C=O) groups excluding carboxylic acids is 2. The third-order valence-electron chi connectivity index (χ3n) is 6.00. The predicted octanol–water partition coefficient (Wildman–Crippen LogP) is 3.22. The highest BCUT2D eigenvalue weighted by Gasteiger charge is 2.30. The van der Waals surface area contributed by atoms with Crippen molar-refractivity contribution in [3.63, 3.8) is 0 Å². The van der Waals surface area contributed by atoms with E-state index in [-0.39, 0.29) is 25.4 Å². The highest BCUT2D eigenvalue weighted by molar-refractivity contribution is 5.86. The van der Waals surface area contributed by atoms with E-state index in [1.54, 1.807) is 0 Å². The number of amides is 2. The van der Waals surface area contributed by atoms with Gasteiger partial charge < -0.3 is 25.4 Å². The molecule has 1 atom stereocenters. The zero-order valence-corrected chi connectivity index (χ0v) is 19.8. The summed E-state index contributed by atoms with van der Waals surface area (Å²) in [6, 6.07) is 15.1. The van der Waals surface area contributed by atoms with Crippen molar-refractivity contribution >= 4 is 18.0 Å². The van der Waals surface area contributed by atoms with Crippen molar-refractivity contribution in [2.75, 3.05) is 33.3 Å². The second-order valence-corrected chi connectivity index (χ2v) is 8.55. The lowest BCUT2D eigenvalue weighted by Crippen LogP contribution is -2.48. The molecule has 8 nitrogen and oxygen atoms in total. The molecule has 0 saturated heterocycles. The predicted molar refractivity (Wildman–Crippen MR) is 130 cm³/mol. The molecular formula is C26H33N3O5. The molecular weight excluding hydrogens is 434 g/mol. The van der Waals surface area contributed by atoms with Gasteiger partial charge in [-0.15, -0.1) is 0 Å². The largest absolute Gasteiger partial charge is 0.481 e. The minimum atomic E-state index is -1.03. The average Bonchev–Trinajstić information content (AvgIpc) is 3.14. The number of nitrogens with one attached hydrogen (secondary N) is 2. The summed E-state index contributed by atoms with van der Waals surface area (Å²) in [5.41, 5.74) is 4.43. The molecule has 0 saturated carbocycles. The molecule has 0 heterocycles. The van der Waals surface area contributed by atoms with Gasteiger partial charge in [0, 0.05) is 25.4 Å². The number of benzene rings is 2. The molecule has 1 unspecified atom stereocenters. The van der Waals surface area contributed by atoms with Crippen molar-refractivity contribution in [3.05, 3.63) is 59.7 Å². The molecule has 1 aliphatic carbocycles. The first-order valence-electron chi connectivity index (χ1n) is 11.7. The molecule has 0 fully saturated rings. The van der Waals surface area contributed by atoms with Gasteiger partial charge in [-0.25, -0.2) is 4.79 Å². The lowest BCUT2D eigenvalue weighted by atomic mass is 9.98. The van der Waals surface area contributed by atoms with Crippen molar-refractivity contribution in [3.8, 4) is 11.1 Å². The number of aliphatic carboxylic acids is 1. The summed E-state index contributed by atoms with van der Waals surface area (Å²) in [4.78, 5) is 38.3. The summed E-state index contributed by atoms with van der Waals surface area (Å²) in [6.45, 7) is 4.18. The van der Waals surface area contributed by atoms with Gasteiger partial charge >= 0.3 is 12.1 Å². The molecule has 8 heteroatoms. The first-order chi connectivity index (χ1) is 16.4. The maximum absolute atomic E-state index is 12.6. The summed E-state index contributed by atoms with van der Waals surface area (Å²) in [5, 5.41) is 14.4. The summed E-state index contributed by atoms with van der Waals surface area (Å²) < 4.78 is 5.52. The number of carboxylic acids is 1. The number of likely N-dealkylation sites (N-methyl/N-ethyl adjacent to an activating group) is 1. The molecule has 182 valence electrons. The van der Waals surface area contributed by atoms with Gasteiger partial charge in [-0.05, 0) is 48.7 Å². The van der Waals surface area contributed by atoms with Crippen molar-refractivity contribution in [1.29, 1.82) is 0 Å². The Balaban J connectivity index is 1.59. The smallest absolute Gasteiger partial charge is 0.407 e. The van der Waals surface area contributed by atoms with Crippen molar-refractivity contribution in [2.24, 2.45) is 0 Å². The van der Waals surface area contributed by atoms with Gasteiger partial charge in [-0.1, -0.05) is 55.5 Å². The van der Waals surface area contributed by atoms with Crippen LogP contribution in [0.4, 0.5) is 4.79 Å². The van der Waals surface area contributed by atoms with Crippen LogP contribution >= 0.6 is 0 Å². The lowest BCUT2D eigenvalue weighted by molar-refractivity contribution is -0.137. The van der Waals surface area contributed by atoms with E-state index in [0.29, 0.717) is 13.1 Å². The van der Waals surface area contributed by atoms with E-state index in [4.69, 9.17) is 9.84 Å². The molecule has 34 heavy (non-hydrogen) atoms. The van der Waals surface area contributed by atoms with Gasteiger partial charge in [0.15, 0.2) is 0 Å². The van der Waals surface area contributed by atoms with Gasteiger partial charge in [0.1, 0.15) is 12.6 Å². The highest BCUT2D eigenvalue weighted by atomic mass is 16.5. The third kappa shape index (κ3) is 6.57. The van der Waals surface area contributed by atoms with Crippen LogP contribution in [0.1, 0.15) is 43.2 Å². The molecule has 1 aliphatic rings. The molecule has 0 spiro atoms. The molecule has 0 aromatic heterocycles. The van der Waals surface area contributed by atoms with E-state index in [1.807, 2.05) is 43.4 Å². The number of hydrogen-bond donors (Lipinski definition) is 3. The lowest BCUT2D eigenvalue weighted by Gasteiger charge is -2.20. The van der Waals surface area contributed by atoms with E-state index in [0.717, 1.165) is 35.2 Å². The molecule has 0 radical (unpaired) electrons. The molecule has 2 aromatic rings. The Kier molecular flexibility index (Phi) is 9.04. The number of fused-ring (bicyclic) bond motifs is 3. The number of alkyl carbamates (subject to hydrolysis) is 1. The Morgan fingerprint density at radius 2 is 1.65 bits per heavy atom. The third-order valence-corrected chi connectivity index (χ3v) is 6.00. The molecule has 0 bridgehead atoms. The van der Waals surface area contributed by atoms with Gasteiger partial charge in [0.2, 0.25) is 5.91 Å². The number of ether oxygens (including phenoxy) is 1. The van der Waals surface area contributed by atoms with E-state index < -0.39 is 24.0 Å². The number of rotatable bonds is 12. The SMILES string of the molecule is CCCN(C)CCNC(=O)C(CCC(=O)O)NC(=O)OCC1c2ccccc2-c2ccccc21. The van der Waals surface area contributed by atoms with Crippen molar-refractivity contribution in [2.45, 2.75) is 38.1 Å². The van der Waals surface area contributed by atoms with Crippen LogP contribution in [0.3, 0.4) is 0 Å². The number of carbonyl (C=O) groups is 3. The van der Waals surface area contributed by atoms with Crippen LogP contribution < -0.4 is 10.6 Å². The van der Waals surface area contributed by atoms with Gasteiger partial charge in [0.05, 0.1) is 0 Å². The first-order valence-corrected chi connectivity index (χ1v) is 11.7. The van der Waals surface area contributed by atoms with Crippen LogP contribution in [-0.2, 0) is 14.3 Å². The molecule has 3 rings (SSSR count). The topological polar surface area (TPSA) is 108 Å². The summed E-state index contributed by atoms with van der Waals surface area (Å²) in [6.07, 6.45) is 0.0124. The Bertz CT molecular complexity index is 964. The van der Waals surface area contributed by atoms with Crippen LogP contribution in [0.5, 0.6) is 0 Å². The molecule has 3 N–H and O–H groups in total. The minimum Gasteiger partial charge on any atom is -0.481 e. The van der Waals surface area contributed by atoms with Crippen molar-refractivity contribution in [1.82, 2.24) is 15.5 Å². The van der Waals surface area contributed by atoms with E-state index in [9.17, 15) is 14.4 Å². The summed E-state index contributed by atoms with van der Waals surface area (Å²) in [5.74, 6) is -1.55.